The predicted molar refractivity (Wildman–Crippen MR) is 101 cm³/mol. The standard InChI is InChI=1S/C20H27N3O4/c21-20(26)23(18(24)9-6-14-4-2-1-3-5-14)11-10-22-16-8-7-15-13-27-19(25)17(15)12-16/h7-8,12,14,22H,1-6,9-11,13H2,(H2,21,26). The fourth-order valence-corrected chi connectivity index (χ4v) is 3.83. The minimum Gasteiger partial charge on any atom is -0.457 e. The highest BCUT2D eigenvalue weighted by Gasteiger charge is 2.22. The third-order valence-electron chi connectivity index (χ3n) is 5.41. The predicted octanol–water partition coefficient (Wildman–Crippen LogP) is 3.04. The van der Waals surface area contributed by atoms with Crippen LogP contribution in [0.25, 0.3) is 0 Å². The Bertz CT molecular complexity index is 713. The molecule has 0 unspecified atom stereocenters. The van der Waals surface area contributed by atoms with Gasteiger partial charge in [0.05, 0.1) is 5.56 Å². The number of cyclic esters (lactones) is 1. The van der Waals surface area contributed by atoms with E-state index in [1.54, 1.807) is 6.07 Å². The lowest BCUT2D eigenvalue weighted by molar-refractivity contribution is -0.128. The van der Waals surface area contributed by atoms with Crippen molar-refractivity contribution in [3.63, 3.8) is 0 Å². The highest BCUT2D eigenvalue weighted by Crippen LogP contribution is 2.27. The summed E-state index contributed by atoms with van der Waals surface area (Å²) in [4.78, 5) is 36.8. The maximum Gasteiger partial charge on any atom is 0.338 e. The Balaban J connectivity index is 1.48. The van der Waals surface area contributed by atoms with Crippen LogP contribution in [0.3, 0.4) is 0 Å². The summed E-state index contributed by atoms with van der Waals surface area (Å²) in [5, 5.41) is 3.13. The lowest BCUT2D eigenvalue weighted by Crippen LogP contribution is -2.43. The van der Waals surface area contributed by atoms with E-state index in [1.165, 1.54) is 32.1 Å². The topological polar surface area (TPSA) is 102 Å². The van der Waals surface area contributed by atoms with Gasteiger partial charge in [-0.1, -0.05) is 38.2 Å². The molecule has 0 radical (unpaired) electrons. The van der Waals surface area contributed by atoms with E-state index in [0.717, 1.165) is 22.6 Å². The van der Waals surface area contributed by atoms with Gasteiger partial charge < -0.3 is 15.8 Å². The van der Waals surface area contributed by atoms with Gasteiger partial charge in [0.15, 0.2) is 0 Å². The number of esters is 1. The van der Waals surface area contributed by atoms with Crippen LogP contribution in [0.2, 0.25) is 0 Å². The summed E-state index contributed by atoms with van der Waals surface area (Å²) in [5.41, 5.74) is 7.55. The van der Waals surface area contributed by atoms with Crippen LogP contribution in [0.5, 0.6) is 0 Å². The van der Waals surface area contributed by atoms with Crippen LogP contribution < -0.4 is 11.1 Å². The smallest absolute Gasteiger partial charge is 0.338 e. The molecule has 0 atom stereocenters. The molecule has 1 fully saturated rings. The fourth-order valence-electron chi connectivity index (χ4n) is 3.83. The molecular weight excluding hydrogens is 346 g/mol. The molecule has 7 heteroatoms. The van der Waals surface area contributed by atoms with E-state index in [0.29, 0.717) is 31.1 Å². The second kappa shape index (κ2) is 8.88. The van der Waals surface area contributed by atoms with Crippen molar-refractivity contribution >= 4 is 23.6 Å². The van der Waals surface area contributed by atoms with Crippen molar-refractivity contribution in [1.82, 2.24) is 4.90 Å². The van der Waals surface area contributed by atoms with Gasteiger partial charge in [-0.3, -0.25) is 9.69 Å². The lowest BCUT2D eigenvalue weighted by Gasteiger charge is -2.23. The molecule has 1 aliphatic heterocycles. The van der Waals surface area contributed by atoms with Crippen LogP contribution in [-0.2, 0) is 16.1 Å². The normalized spacial score (nSPS) is 16.5. The summed E-state index contributed by atoms with van der Waals surface area (Å²) >= 11 is 0. The second-order valence-corrected chi connectivity index (χ2v) is 7.30. The minimum absolute atomic E-state index is 0.195. The van der Waals surface area contributed by atoms with E-state index in [4.69, 9.17) is 10.5 Å². The van der Waals surface area contributed by atoms with Crippen molar-refractivity contribution in [2.75, 3.05) is 18.4 Å². The molecule has 3 rings (SSSR count). The van der Waals surface area contributed by atoms with Crippen LogP contribution in [0, 0.1) is 5.92 Å². The third-order valence-corrected chi connectivity index (χ3v) is 5.41. The van der Waals surface area contributed by atoms with Crippen LogP contribution in [0.15, 0.2) is 18.2 Å². The number of hydrogen-bond acceptors (Lipinski definition) is 5. The molecule has 3 N–H and O–H groups in total. The molecule has 1 heterocycles. The maximum absolute atomic E-state index is 12.4. The summed E-state index contributed by atoms with van der Waals surface area (Å²) < 4.78 is 4.98. The van der Waals surface area contributed by atoms with Crippen molar-refractivity contribution < 1.29 is 19.1 Å². The Hall–Kier alpha value is -2.57. The van der Waals surface area contributed by atoms with Gasteiger partial charge in [0.2, 0.25) is 5.91 Å². The lowest BCUT2D eigenvalue weighted by atomic mass is 9.86. The number of urea groups is 1. The number of rotatable bonds is 7. The van der Waals surface area contributed by atoms with Gasteiger partial charge in [0, 0.05) is 30.8 Å². The summed E-state index contributed by atoms with van der Waals surface area (Å²) in [5.74, 6) is 0.0411. The number of nitrogens with two attached hydrogens (primary N) is 1. The number of carbonyl (C=O) groups is 3. The van der Waals surface area contributed by atoms with E-state index in [1.807, 2.05) is 12.1 Å². The Labute approximate surface area is 159 Å². The average molecular weight is 373 g/mol. The molecule has 0 aromatic heterocycles. The fraction of sp³-hybridized carbons (Fsp3) is 0.550. The molecule has 1 aromatic carbocycles. The first-order chi connectivity index (χ1) is 13.0. The Morgan fingerprint density at radius 2 is 2.00 bits per heavy atom. The van der Waals surface area contributed by atoms with Gasteiger partial charge in [0.1, 0.15) is 6.61 Å². The van der Waals surface area contributed by atoms with Gasteiger partial charge in [0.25, 0.3) is 0 Å². The number of carbonyl (C=O) groups excluding carboxylic acids is 3. The van der Waals surface area contributed by atoms with E-state index >= 15 is 0 Å². The number of nitrogens with zero attached hydrogens (tertiary/aromatic N) is 1. The number of primary amides is 1. The largest absolute Gasteiger partial charge is 0.457 e. The van der Waals surface area contributed by atoms with E-state index in [2.05, 4.69) is 5.32 Å². The van der Waals surface area contributed by atoms with Crippen molar-refractivity contribution in [2.45, 2.75) is 51.6 Å². The van der Waals surface area contributed by atoms with Crippen LogP contribution in [0.1, 0.15) is 60.9 Å². The number of nitrogens with one attached hydrogen (secondary N) is 1. The summed E-state index contributed by atoms with van der Waals surface area (Å²) in [7, 11) is 0. The molecule has 1 aromatic rings. The molecule has 7 nitrogen and oxygen atoms in total. The third kappa shape index (κ3) is 4.99. The number of hydrogen-bond donors (Lipinski definition) is 2. The van der Waals surface area contributed by atoms with E-state index in [9.17, 15) is 14.4 Å². The van der Waals surface area contributed by atoms with Crippen LogP contribution in [0.4, 0.5) is 10.5 Å². The molecule has 3 amide bonds. The Morgan fingerprint density at radius 3 is 2.74 bits per heavy atom. The van der Waals surface area contributed by atoms with E-state index < -0.39 is 6.03 Å². The molecule has 27 heavy (non-hydrogen) atoms. The number of amides is 3. The Morgan fingerprint density at radius 1 is 1.22 bits per heavy atom. The molecule has 146 valence electrons. The summed E-state index contributed by atoms with van der Waals surface area (Å²) in [6, 6.07) is 4.69. The molecule has 0 spiro atoms. The molecule has 0 saturated heterocycles. The Kier molecular flexibility index (Phi) is 6.32. The van der Waals surface area contributed by atoms with Crippen LogP contribution in [-0.4, -0.2) is 35.9 Å². The average Bonchev–Trinajstić information content (AvgIpc) is 3.04. The molecule has 1 saturated carbocycles. The number of anilines is 1. The molecule has 1 aliphatic carbocycles. The first-order valence-electron chi connectivity index (χ1n) is 9.68. The molecule has 0 bridgehead atoms. The van der Waals surface area contributed by atoms with Crippen molar-refractivity contribution in [3.05, 3.63) is 29.3 Å². The number of benzene rings is 1. The monoisotopic (exact) mass is 373 g/mol. The highest BCUT2D eigenvalue weighted by molar-refractivity contribution is 5.94. The number of imide groups is 1. The second-order valence-electron chi connectivity index (χ2n) is 7.30. The molecular formula is C20H27N3O4. The summed E-state index contributed by atoms with van der Waals surface area (Å²) in [6.45, 7) is 0.867. The quantitative estimate of drug-likeness (QED) is 0.715. The molecule has 2 aliphatic rings. The maximum atomic E-state index is 12.4. The van der Waals surface area contributed by atoms with Gasteiger partial charge in [-0.2, -0.15) is 0 Å². The van der Waals surface area contributed by atoms with Crippen molar-refractivity contribution in [2.24, 2.45) is 11.7 Å². The van der Waals surface area contributed by atoms with Crippen molar-refractivity contribution in [1.29, 1.82) is 0 Å². The minimum atomic E-state index is -0.719. The first-order valence-corrected chi connectivity index (χ1v) is 9.68. The zero-order valence-corrected chi connectivity index (χ0v) is 15.5. The van der Waals surface area contributed by atoms with Crippen molar-refractivity contribution in [3.8, 4) is 0 Å². The highest BCUT2D eigenvalue weighted by atomic mass is 16.5. The van der Waals surface area contributed by atoms with Gasteiger partial charge in [-0.25, -0.2) is 9.59 Å². The van der Waals surface area contributed by atoms with Crippen LogP contribution >= 0.6 is 0 Å². The SMILES string of the molecule is NC(=O)N(CCNc1ccc2c(c1)C(=O)OC2)C(=O)CCC1CCCCC1. The number of fused-ring (bicyclic) bond motifs is 1. The summed E-state index contributed by atoms with van der Waals surface area (Å²) in [6.07, 6.45) is 7.27. The van der Waals surface area contributed by atoms with Gasteiger partial charge in [-0.15, -0.1) is 0 Å². The van der Waals surface area contributed by atoms with Gasteiger partial charge >= 0.3 is 12.0 Å². The first kappa shape index (κ1) is 19.2. The van der Waals surface area contributed by atoms with E-state index in [-0.39, 0.29) is 18.4 Å². The zero-order valence-electron chi connectivity index (χ0n) is 15.5. The zero-order chi connectivity index (χ0) is 19.2. The number of ether oxygens (including phenoxy) is 1. The van der Waals surface area contributed by atoms with Gasteiger partial charge in [-0.05, 0) is 24.5 Å².